The van der Waals surface area contributed by atoms with Crippen molar-refractivity contribution in [1.82, 2.24) is 15.0 Å². The summed E-state index contributed by atoms with van der Waals surface area (Å²) in [5.41, 5.74) is 1.65. The van der Waals surface area contributed by atoms with Gasteiger partial charge in [-0.2, -0.15) is 4.98 Å². The van der Waals surface area contributed by atoms with Crippen LogP contribution >= 0.6 is 0 Å². The van der Waals surface area contributed by atoms with Crippen LogP contribution in [0.15, 0.2) is 41.7 Å². The minimum Gasteiger partial charge on any atom is -0.315 e. The molecule has 5 nitrogen and oxygen atoms in total. The van der Waals surface area contributed by atoms with Crippen LogP contribution in [0.5, 0.6) is 0 Å². The highest BCUT2D eigenvalue weighted by Crippen LogP contribution is 2.19. The number of hydrogen-bond donors (Lipinski definition) is 1. The van der Waals surface area contributed by atoms with E-state index in [-0.39, 0.29) is 0 Å². The van der Waals surface area contributed by atoms with Crippen molar-refractivity contribution in [3.05, 3.63) is 42.3 Å². The molecule has 0 aliphatic carbocycles. The number of anilines is 2. The summed E-state index contributed by atoms with van der Waals surface area (Å²) in [7, 11) is 1.70. The molecule has 88 valence electrons. The van der Waals surface area contributed by atoms with Gasteiger partial charge in [-0.05, 0) is 19.1 Å². The van der Waals surface area contributed by atoms with Gasteiger partial charge in [-0.3, -0.25) is 4.99 Å². The fourth-order valence-corrected chi connectivity index (χ4v) is 1.60. The molecule has 0 aliphatic rings. The van der Waals surface area contributed by atoms with E-state index < -0.39 is 0 Å². The first-order valence-electron chi connectivity index (χ1n) is 5.52. The van der Waals surface area contributed by atoms with E-state index in [0.29, 0.717) is 11.6 Å². The smallest absolute Gasteiger partial charge is 0.234 e. The maximum absolute atomic E-state index is 4.33. The van der Waals surface area contributed by atoms with Gasteiger partial charge in [-0.25, -0.2) is 4.98 Å². The van der Waals surface area contributed by atoms with E-state index in [1.807, 2.05) is 35.2 Å². The average Bonchev–Trinajstić information content (AvgIpc) is 2.41. The molecule has 0 spiro atoms. The Morgan fingerprint density at radius 3 is 2.71 bits per heavy atom. The van der Waals surface area contributed by atoms with Crippen molar-refractivity contribution in [2.45, 2.75) is 6.92 Å². The molecule has 0 fully saturated rings. The van der Waals surface area contributed by atoms with Crippen molar-refractivity contribution in [3.8, 4) is 0 Å². The first kappa shape index (κ1) is 11.3. The van der Waals surface area contributed by atoms with E-state index in [2.05, 4.69) is 26.9 Å². The van der Waals surface area contributed by atoms with Crippen LogP contribution in [0, 0.1) is 0 Å². The lowest BCUT2D eigenvalue weighted by Gasteiger charge is -2.20. The molecule has 0 saturated carbocycles. The summed E-state index contributed by atoms with van der Waals surface area (Å²) in [5.74, 6) is 0.651. The second-order valence-corrected chi connectivity index (χ2v) is 3.44. The van der Waals surface area contributed by atoms with E-state index in [4.69, 9.17) is 0 Å². The van der Waals surface area contributed by atoms with Crippen molar-refractivity contribution in [1.29, 1.82) is 0 Å². The first-order chi connectivity index (χ1) is 8.35. The SMILES string of the molecule is CCN(c1ccccc1)c1nc[nH]c(=NC)n1. The molecular weight excluding hydrogens is 214 g/mol. The predicted octanol–water partition coefficient (Wildman–Crippen LogP) is 1.49. The molecule has 0 bridgehead atoms. The van der Waals surface area contributed by atoms with Crippen LogP contribution in [0.3, 0.4) is 0 Å². The molecule has 2 rings (SSSR count). The summed E-state index contributed by atoms with van der Waals surface area (Å²) >= 11 is 0. The summed E-state index contributed by atoms with van der Waals surface area (Å²) in [6.45, 7) is 2.87. The molecule has 0 amide bonds. The van der Waals surface area contributed by atoms with Gasteiger partial charge in [0, 0.05) is 19.3 Å². The van der Waals surface area contributed by atoms with Crippen LogP contribution in [0.4, 0.5) is 11.6 Å². The Morgan fingerprint density at radius 1 is 1.29 bits per heavy atom. The minimum atomic E-state index is 0.574. The third-order valence-electron chi connectivity index (χ3n) is 2.42. The van der Waals surface area contributed by atoms with Crippen molar-refractivity contribution in [2.75, 3.05) is 18.5 Å². The van der Waals surface area contributed by atoms with Crippen LogP contribution < -0.4 is 10.5 Å². The Labute approximate surface area is 99.9 Å². The fraction of sp³-hybridized carbons (Fsp3) is 0.250. The lowest BCUT2D eigenvalue weighted by molar-refractivity contribution is 0.871. The highest BCUT2D eigenvalue weighted by atomic mass is 15.3. The summed E-state index contributed by atoms with van der Waals surface area (Å²) in [6, 6.07) is 10.1. The highest BCUT2D eigenvalue weighted by molar-refractivity contribution is 5.56. The molecular formula is C12H15N5. The molecule has 1 N–H and O–H groups in total. The Morgan fingerprint density at radius 2 is 2.06 bits per heavy atom. The molecule has 1 aromatic carbocycles. The fourth-order valence-electron chi connectivity index (χ4n) is 1.60. The van der Waals surface area contributed by atoms with Crippen molar-refractivity contribution in [2.24, 2.45) is 4.99 Å². The molecule has 1 heterocycles. The van der Waals surface area contributed by atoms with Crippen molar-refractivity contribution in [3.63, 3.8) is 0 Å². The number of aromatic nitrogens is 3. The monoisotopic (exact) mass is 229 g/mol. The number of aromatic amines is 1. The number of para-hydroxylation sites is 1. The number of H-pyrrole nitrogens is 1. The van der Waals surface area contributed by atoms with E-state index in [1.54, 1.807) is 13.4 Å². The molecule has 5 heteroatoms. The van der Waals surface area contributed by atoms with Gasteiger partial charge in [-0.1, -0.05) is 18.2 Å². The van der Waals surface area contributed by atoms with Gasteiger partial charge >= 0.3 is 0 Å². The molecule has 0 atom stereocenters. The van der Waals surface area contributed by atoms with E-state index in [9.17, 15) is 0 Å². The standard InChI is InChI=1S/C12H15N5/c1-3-17(10-7-5-4-6-8-10)12-15-9-14-11(13-2)16-12/h4-9H,3H2,1-2H3,(H,13,14,15,16). The minimum absolute atomic E-state index is 0.574. The Bertz CT molecular complexity index is 532. The zero-order valence-electron chi connectivity index (χ0n) is 9.96. The molecule has 2 aromatic rings. The molecule has 0 unspecified atom stereocenters. The van der Waals surface area contributed by atoms with Gasteiger partial charge in [0.15, 0.2) is 0 Å². The molecule has 1 aromatic heterocycles. The van der Waals surface area contributed by atoms with Gasteiger partial charge in [-0.15, -0.1) is 0 Å². The summed E-state index contributed by atoms with van der Waals surface area (Å²) in [4.78, 5) is 17.5. The molecule has 17 heavy (non-hydrogen) atoms. The zero-order valence-corrected chi connectivity index (χ0v) is 9.96. The third kappa shape index (κ3) is 2.50. The van der Waals surface area contributed by atoms with E-state index in [1.165, 1.54) is 0 Å². The van der Waals surface area contributed by atoms with Gasteiger partial charge in [0.25, 0.3) is 0 Å². The molecule has 0 radical (unpaired) electrons. The number of nitrogens with zero attached hydrogens (tertiary/aromatic N) is 4. The Hall–Kier alpha value is -2.17. The lowest BCUT2D eigenvalue weighted by atomic mass is 10.3. The number of rotatable bonds is 3. The van der Waals surface area contributed by atoms with Gasteiger partial charge < -0.3 is 9.88 Å². The summed E-state index contributed by atoms with van der Waals surface area (Å²) < 4.78 is 0. The van der Waals surface area contributed by atoms with Crippen LogP contribution in [-0.2, 0) is 0 Å². The first-order valence-corrected chi connectivity index (χ1v) is 5.52. The van der Waals surface area contributed by atoms with Crippen molar-refractivity contribution < 1.29 is 0 Å². The van der Waals surface area contributed by atoms with Crippen LogP contribution in [0.25, 0.3) is 0 Å². The van der Waals surface area contributed by atoms with Gasteiger partial charge in [0.2, 0.25) is 11.6 Å². The van der Waals surface area contributed by atoms with E-state index >= 15 is 0 Å². The maximum atomic E-state index is 4.33. The van der Waals surface area contributed by atoms with Crippen LogP contribution in [-0.4, -0.2) is 28.5 Å². The van der Waals surface area contributed by atoms with Crippen LogP contribution in [0.1, 0.15) is 6.92 Å². The average molecular weight is 229 g/mol. The molecule has 0 saturated heterocycles. The van der Waals surface area contributed by atoms with E-state index in [0.717, 1.165) is 12.2 Å². The van der Waals surface area contributed by atoms with Crippen molar-refractivity contribution >= 4 is 11.6 Å². The highest BCUT2D eigenvalue weighted by Gasteiger charge is 2.08. The lowest BCUT2D eigenvalue weighted by Crippen LogP contribution is -2.23. The third-order valence-corrected chi connectivity index (χ3v) is 2.42. The molecule has 0 aliphatic heterocycles. The second kappa shape index (κ2) is 5.25. The van der Waals surface area contributed by atoms with Crippen LogP contribution in [0.2, 0.25) is 0 Å². The zero-order chi connectivity index (χ0) is 12.1. The quantitative estimate of drug-likeness (QED) is 0.867. The second-order valence-electron chi connectivity index (χ2n) is 3.44. The largest absolute Gasteiger partial charge is 0.315 e. The predicted molar refractivity (Wildman–Crippen MR) is 67.0 cm³/mol. The number of nitrogens with one attached hydrogen (secondary N) is 1. The maximum Gasteiger partial charge on any atom is 0.234 e. The number of hydrogen-bond acceptors (Lipinski definition) is 4. The number of benzene rings is 1. The van der Waals surface area contributed by atoms with Gasteiger partial charge in [0.05, 0.1) is 6.33 Å². The summed E-state index contributed by atoms with van der Waals surface area (Å²) in [5, 5.41) is 0. The van der Waals surface area contributed by atoms with Gasteiger partial charge in [0.1, 0.15) is 0 Å². The Balaban J connectivity index is 2.42. The summed E-state index contributed by atoms with van der Waals surface area (Å²) in [6.07, 6.45) is 1.61. The topological polar surface area (TPSA) is 57.2 Å². The Kier molecular flexibility index (Phi) is 3.49. The normalized spacial score (nSPS) is 11.5.